The van der Waals surface area contributed by atoms with Crippen molar-refractivity contribution < 1.29 is 13.2 Å². The molecule has 1 saturated heterocycles. The molecule has 1 aliphatic rings. The standard InChI is InChI=1S/C12H22N4O3S2/c1-12(19-4)6-5-7-16(8-12)11-9(10(13)14-20-11)21(17,18)15(2)3/h5-8H2,1-4H3,(H2,13,14). The minimum atomic E-state index is -3.61. The van der Waals surface area contributed by atoms with Gasteiger partial charge in [-0.05, 0) is 31.3 Å². The topological polar surface area (TPSA) is 88.8 Å². The lowest BCUT2D eigenvalue weighted by atomic mass is 9.95. The van der Waals surface area contributed by atoms with Gasteiger partial charge in [-0.3, -0.25) is 0 Å². The first kappa shape index (κ1) is 16.5. The Bertz CT molecular complexity index is 614. The lowest BCUT2D eigenvalue weighted by molar-refractivity contribution is -0.00461. The third-order valence-electron chi connectivity index (χ3n) is 3.83. The second-order valence-corrected chi connectivity index (χ2v) is 8.51. The van der Waals surface area contributed by atoms with Gasteiger partial charge in [0.05, 0.1) is 5.60 Å². The molecule has 0 radical (unpaired) electrons. The molecule has 9 heteroatoms. The molecule has 1 unspecified atom stereocenters. The molecule has 2 heterocycles. The van der Waals surface area contributed by atoms with Gasteiger partial charge in [0.1, 0.15) is 5.00 Å². The van der Waals surface area contributed by atoms with Crippen molar-refractivity contribution >= 4 is 32.4 Å². The van der Waals surface area contributed by atoms with E-state index in [1.54, 1.807) is 7.11 Å². The van der Waals surface area contributed by atoms with Crippen LogP contribution in [0.4, 0.5) is 10.8 Å². The summed E-state index contributed by atoms with van der Waals surface area (Å²) in [5.74, 6) is 0.0633. The Morgan fingerprint density at radius 1 is 1.48 bits per heavy atom. The number of sulfonamides is 1. The second kappa shape index (κ2) is 5.71. The van der Waals surface area contributed by atoms with Crippen molar-refractivity contribution in [3.8, 4) is 0 Å². The van der Waals surface area contributed by atoms with Crippen LogP contribution in [-0.2, 0) is 14.8 Å². The van der Waals surface area contributed by atoms with Crippen molar-refractivity contribution in [1.82, 2.24) is 8.68 Å². The molecule has 1 aliphatic heterocycles. The molecule has 21 heavy (non-hydrogen) atoms. The Morgan fingerprint density at radius 2 is 2.14 bits per heavy atom. The molecular formula is C12H22N4O3S2. The molecule has 2 N–H and O–H groups in total. The van der Waals surface area contributed by atoms with Crippen LogP contribution in [0.1, 0.15) is 19.8 Å². The van der Waals surface area contributed by atoms with Gasteiger partial charge >= 0.3 is 0 Å². The number of anilines is 2. The van der Waals surface area contributed by atoms with E-state index in [0.717, 1.165) is 35.2 Å². The number of ether oxygens (including phenoxy) is 1. The van der Waals surface area contributed by atoms with E-state index in [0.29, 0.717) is 11.5 Å². The molecule has 0 aliphatic carbocycles. The molecule has 0 spiro atoms. The predicted molar refractivity (Wildman–Crippen MR) is 84.3 cm³/mol. The number of nitrogens with zero attached hydrogens (tertiary/aromatic N) is 3. The van der Waals surface area contributed by atoms with Gasteiger partial charge in [0.15, 0.2) is 10.7 Å². The molecule has 0 aromatic carbocycles. The van der Waals surface area contributed by atoms with E-state index < -0.39 is 10.0 Å². The van der Waals surface area contributed by atoms with Crippen molar-refractivity contribution in [3.05, 3.63) is 0 Å². The maximum Gasteiger partial charge on any atom is 0.249 e. The fourth-order valence-electron chi connectivity index (χ4n) is 2.46. The maximum atomic E-state index is 12.5. The van der Waals surface area contributed by atoms with Crippen molar-refractivity contribution in [2.75, 3.05) is 44.9 Å². The number of nitrogens with two attached hydrogens (primary N) is 1. The highest BCUT2D eigenvalue weighted by Gasteiger charge is 2.36. The highest BCUT2D eigenvalue weighted by Crippen LogP contribution is 2.38. The number of hydrogen-bond acceptors (Lipinski definition) is 7. The molecule has 2 rings (SSSR count). The van der Waals surface area contributed by atoms with Gasteiger partial charge in [0.25, 0.3) is 0 Å². The van der Waals surface area contributed by atoms with Crippen molar-refractivity contribution in [1.29, 1.82) is 0 Å². The van der Waals surface area contributed by atoms with Crippen molar-refractivity contribution in [2.24, 2.45) is 0 Å². The molecule has 0 amide bonds. The van der Waals surface area contributed by atoms with Crippen LogP contribution in [0.25, 0.3) is 0 Å². The number of hydrogen-bond donors (Lipinski definition) is 1. The summed E-state index contributed by atoms with van der Waals surface area (Å²) >= 11 is 1.13. The summed E-state index contributed by atoms with van der Waals surface area (Å²) in [6.07, 6.45) is 1.88. The van der Waals surface area contributed by atoms with Crippen LogP contribution < -0.4 is 10.6 Å². The minimum Gasteiger partial charge on any atom is -0.382 e. The number of aromatic nitrogens is 1. The Kier molecular flexibility index (Phi) is 4.48. The summed E-state index contributed by atoms with van der Waals surface area (Å²) in [7, 11) is 1.05. The molecule has 1 aromatic heterocycles. The van der Waals surface area contributed by atoms with Crippen LogP contribution in [0.2, 0.25) is 0 Å². The predicted octanol–water partition coefficient (Wildman–Crippen LogP) is 0.981. The Balaban J connectivity index is 2.43. The van der Waals surface area contributed by atoms with Crippen LogP contribution in [0, 0.1) is 0 Å². The summed E-state index contributed by atoms with van der Waals surface area (Å²) < 4.78 is 35.7. The van der Waals surface area contributed by atoms with Gasteiger partial charge in [-0.2, -0.15) is 4.37 Å². The highest BCUT2D eigenvalue weighted by molar-refractivity contribution is 7.89. The highest BCUT2D eigenvalue weighted by atomic mass is 32.2. The quantitative estimate of drug-likeness (QED) is 0.883. The zero-order chi connectivity index (χ0) is 15.8. The summed E-state index contributed by atoms with van der Waals surface area (Å²) in [6.45, 7) is 3.43. The fraction of sp³-hybridized carbons (Fsp3) is 0.750. The van der Waals surface area contributed by atoms with Crippen LogP contribution in [0.5, 0.6) is 0 Å². The van der Waals surface area contributed by atoms with Crippen molar-refractivity contribution in [3.63, 3.8) is 0 Å². The molecule has 0 bridgehead atoms. The molecular weight excluding hydrogens is 312 g/mol. The number of rotatable bonds is 4. The molecule has 120 valence electrons. The molecule has 7 nitrogen and oxygen atoms in total. The number of methoxy groups -OCH3 is 1. The molecule has 1 fully saturated rings. The number of piperidine rings is 1. The largest absolute Gasteiger partial charge is 0.382 e. The summed E-state index contributed by atoms with van der Waals surface area (Å²) in [5.41, 5.74) is 5.53. The lowest BCUT2D eigenvalue weighted by Gasteiger charge is -2.40. The van der Waals surface area contributed by atoms with Crippen LogP contribution in [0.3, 0.4) is 0 Å². The van der Waals surface area contributed by atoms with E-state index in [1.165, 1.54) is 14.1 Å². The third kappa shape index (κ3) is 3.01. The van der Waals surface area contributed by atoms with Crippen molar-refractivity contribution in [2.45, 2.75) is 30.3 Å². The van der Waals surface area contributed by atoms with Gasteiger partial charge in [-0.15, -0.1) is 0 Å². The van der Waals surface area contributed by atoms with Gasteiger partial charge < -0.3 is 15.4 Å². The SMILES string of the molecule is COC1(C)CCCN(c2snc(N)c2S(=O)(=O)N(C)C)C1. The van der Waals surface area contributed by atoms with E-state index in [1.807, 2.05) is 11.8 Å². The van der Waals surface area contributed by atoms with E-state index >= 15 is 0 Å². The fourth-order valence-corrected chi connectivity index (χ4v) is 4.70. The molecule has 1 atom stereocenters. The summed E-state index contributed by atoms with van der Waals surface area (Å²) in [6, 6.07) is 0. The van der Waals surface area contributed by atoms with E-state index in [4.69, 9.17) is 10.5 Å². The molecule has 1 aromatic rings. The van der Waals surface area contributed by atoms with Gasteiger partial charge in [-0.25, -0.2) is 12.7 Å². The Hall–Kier alpha value is -0.900. The first-order chi connectivity index (χ1) is 9.71. The lowest BCUT2D eigenvalue weighted by Crippen LogP contribution is -2.47. The van der Waals surface area contributed by atoms with E-state index in [2.05, 4.69) is 4.37 Å². The Labute approximate surface area is 129 Å². The summed E-state index contributed by atoms with van der Waals surface area (Å²) in [5, 5.41) is 0.601. The van der Waals surface area contributed by atoms with Crippen LogP contribution in [0.15, 0.2) is 4.90 Å². The Morgan fingerprint density at radius 3 is 2.71 bits per heavy atom. The third-order valence-corrected chi connectivity index (χ3v) is 6.77. The average Bonchev–Trinajstić information content (AvgIpc) is 2.81. The van der Waals surface area contributed by atoms with E-state index in [-0.39, 0.29) is 16.3 Å². The first-order valence-electron chi connectivity index (χ1n) is 6.69. The van der Waals surface area contributed by atoms with E-state index in [9.17, 15) is 8.42 Å². The smallest absolute Gasteiger partial charge is 0.249 e. The zero-order valence-corrected chi connectivity index (χ0v) is 14.4. The van der Waals surface area contributed by atoms with Crippen LogP contribution >= 0.6 is 11.5 Å². The average molecular weight is 334 g/mol. The van der Waals surface area contributed by atoms with Gasteiger partial charge in [-0.1, -0.05) is 0 Å². The number of nitrogen functional groups attached to an aromatic ring is 1. The summed E-state index contributed by atoms with van der Waals surface area (Å²) in [4.78, 5) is 2.12. The minimum absolute atomic E-state index is 0.0633. The van der Waals surface area contributed by atoms with Gasteiger partial charge in [0.2, 0.25) is 10.0 Å². The molecule has 0 saturated carbocycles. The van der Waals surface area contributed by atoms with Crippen LogP contribution in [-0.4, -0.2) is 57.0 Å². The monoisotopic (exact) mass is 334 g/mol. The first-order valence-corrected chi connectivity index (χ1v) is 8.90. The van der Waals surface area contributed by atoms with Gasteiger partial charge in [0, 0.05) is 34.3 Å². The second-order valence-electron chi connectivity index (χ2n) is 5.67. The normalized spacial score (nSPS) is 23.8. The maximum absolute atomic E-state index is 12.5. The zero-order valence-electron chi connectivity index (χ0n) is 12.8.